The van der Waals surface area contributed by atoms with E-state index >= 15 is 0 Å². The number of benzene rings is 1. The Bertz CT molecular complexity index is 1180. The normalized spacial score (nSPS) is 18.4. The van der Waals surface area contributed by atoms with Crippen molar-refractivity contribution in [2.75, 3.05) is 18.4 Å². The van der Waals surface area contributed by atoms with Crippen molar-refractivity contribution < 1.29 is 13.2 Å². The second-order valence-electron chi connectivity index (χ2n) is 7.96. The number of aryl methyl sites for hydroxylation is 1. The highest BCUT2D eigenvalue weighted by molar-refractivity contribution is 7.14. The fourth-order valence-electron chi connectivity index (χ4n) is 4.14. The van der Waals surface area contributed by atoms with Crippen molar-refractivity contribution in [3.05, 3.63) is 57.9 Å². The van der Waals surface area contributed by atoms with E-state index in [9.17, 15) is 13.2 Å². The summed E-state index contributed by atoms with van der Waals surface area (Å²) in [7, 11) is 0. The van der Waals surface area contributed by atoms with Gasteiger partial charge in [0, 0.05) is 29.9 Å². The number of fused-ring (bicyclic) bond motifs is 1. The Kier molecular flexibility index (Phi) is 5.42. The molecule has 32 heavy (non-hydrogen) atoms. The lowest BCUT2D eigenvalue weighted by Gasteiger charge is -2.24. The van der Waals surface area contributed by atoms with Crippen LogP contribution in [0.25, 0.3) is 16.1 Å². The van der Waals surface area contributed by atoms with Crippen LogP contribution in [0.15, 0.2) is 30.5 Å². The fraction of sp³-hybridized carbons (Fsp3) is 0.364. The number of rotatable bonds is 4. The standard InChI is InChI=1S/C22H21F3N6S/c1-12-30-31-20(32-12)14-5-6-16-13(9-14)4-7-17(16)19-18(22(23,24)25)11-27-21(29-19)28-15-3-2-8-26-10-15/h5-7,9,11,15,26H,2-4,8,10H2,1H3,(H,27,28,29)/t15-/m0/s1. The maximum absolute atomic E-state index is 13.8. The Hall–Kier alpha value is -2.85. The van der Waals surface area contributed by atoms with Crippen molar-refractivity contribution in [2.45, 2.75) is 38.4 Å². The molecule has 1 aliphatic heterocycles. The molecule has 0 radical (unpaired) electrons. The Morgan fingerprint density at radius 1 is 1.22 bits per heavy atom. The highest BCUT2D eigenvalue weighted by Crippen LogP contribution is 2.40. The third-order valence-corrected chi connectivity index (χ3v) is 6.56. The molecule has 2 aliphatic rings. The number of hydrogen-bond acceptors (Lipinski definition) is 7. The van der Waals surface area contributed by atoms with Crippen molar-refractivity contribution in [1.82, 2.24) is 25.5 Å². The number of hydrogen-bond donors (Lipinski definition) is 2. The highest BCUT2D eigenvalue weighted by Gasteiger charge is 2.37. The van der Waals surface area contributed by atoms with Crippen LogP contribution < -0.4 is 10.6 Å². The molecule has 0 amide bonds. The summed E-state index contributed by atoms with van der Waals surface area (Å²) in [5.74, 6) is 0.219. The molecule has 0 bridgehead atoms. The van der Waals surface area contributed by atoms with Gasteiger partial charge in [0.15, 0.2) is 0 Å². The summed E-state index contributed by atoms with van der Waals surface area (Å²) in [6.07, 6.45) is 0.606. The van der Waals surface area contributed by atoms with E-state index in [1.54, 1.807) is 0 Å². The highest BCUT2D eigenvalue weighted by atomic mass is 32.1. The van der Waals surface area contributed by atoms with Crippen LogP contribution in [-0.2, 0) is 12.6 Å². The largest absolute Gasteiger partial charge is 0.419 e. The molecule has 0 spiro atoms. The maximum Gasteiger partial charge on any atom is 0.419 e. The van der Waals surface area contributed by atoms with Gasteiger partial charge in [-0.2, -0.15) is 13.2 Å². The van der Waals surface area contributed by atoms with Crippen molar-refractivity contribution in [3.63, 3.8) is 0 Å². The minimum Gasteiger partial charge on any atom is -0.350 e. The minimum absolute atomic E-state index is 0.0861. The molecule has 6 nitrogen and oxygen atoms in total. The van der Waals surface area contributed by atoms with Crippen molar-refractivity contribution in [1.29, 1.82) is 0 Å². The summed E-state index contributed by atoms with van der Waals surface area (Å²) in [4.78, 5) is 8.31. The summed E-state index contributed by atoms with van der Waals surface area (Å²) in [6.45, 7) is 3.57. The second kappa shape index (κ2) is 8.25. The van der Waals surface area contributed by atoms with E-state index in [0.29, 0.717) is 12.0 Å². The molecule has 1 saturated heterocycles. The molecular weight excluding hydrogens is 437 g/mol. The van der Waals surface area contributed by atoms with Crippen molar-refractivity contribution in [3.8, 4) is 10.6 Å². The zero-order chi connectivity index (χ0) is 22.3. The van der Waals surface area contributed by atoms with E-state index in [1.807, 2.05) is 31.2 Å². The average molecular weight is 459 g/mol. The number of nitrogens with zero attached hydrogens (tertiary/aromatic N) is 4. The Balaban J connectivity index is 1.50. The van der Waals surface area contributed by atoms with Gasteiger partial charge in [-0.05, 0) is 49.9 Å². The predicted octanol–water partition coefficient (Wildman–Crippen LogP) is 4.47. The monoisotopic (exact) mass is 458 g/mol. The first kappa shape index (κ1) is 21.0. The van der Waals surface area contributed by atoms with E-state index in [0.717, 1.165) is 58.8 Å². The fourth-order valence-corrected chi connectivity index (χ4v) is 4.83. The van der Waals surface area contributed by atoms with Crippen molar-refractivity contribution >= 4 is 22.9 Å². The lowest BCUT2D eigenvalue weighted by Crippen LogP contribution is -2.38. The molecule has 1 aliphatic carbocycles. The molecule has 3 heterocycles. The molecule has 5 rings (SSSR count). The van der Waals surface area contributed by atoms with Gasteiger partial charge in [-0.15, -0.1) is 10.2 Å². The molecule has 2 N–H and O–H groups in total. The van der Waals surface area contributed by atoms with Crippen LogP contribution in [0.3, 0.4) is 0 Å². The molecule has 1 aromatic carbocycles. The SMILES string of the molecule is Cc1nnc(-c2ccc3c(c2)CC=C3c2nc(N[C@H]3CCCNC3)ncc2C(F)(F)F)s1. The minimum atomic E-state index is -4.55. The second-order valence-corrected chi connectivity index (χ2v) is 9.14. The van der Waals surface area contributed by atoms with Crippen LogP contribution in [0.2, 0.25) is 0 Å². The number of alkyl halides is 3. The van der Waals surface area contributed by atoms with Gasteiger partial charge in [-0.3, -0.25) is 0 Å². The van der Waals surface area contributed by atoms with Crippen LogP contribution in [0, 0.1) is 6.92 Å². The van der Waals surface area contributed by atoms with E-state index in [-0.39, 0.29) is 17.7 Å². The molecule has 0 unspecified atom stereocenters. The predicted molar refractivity (Wildman–Crippen MR) is 117 cm³/mol. The van der Waals surface area contributed by atoms with E-state index in [1.165, 1.54) is 11.3 Å². The summed E-state index contributed by atoms with van der Waals surface area (Å²) in [5, 5.41) is 16.3. The number of anilines is 1. The van der Waals surface area contributed by atoms with Gasteiger partial charge in [-0.1, -0.05) is 29.5 Å². The molecular formula is C22H21F3N6S. The molecule has 0 saturated carbocycles. The van der Waals surface area contributed by atoms with Gasteiger partial charge in [0.1, 0.15) is 15.6 Å². The van der Waals surface area contributed by atoms with Gasteiger partial charge < -0.3 is 10.6 Å². The average Bonchev–Trinajstić information content (AvgIpc) is 3.39. The number of piperidine rings is 1. The molecule has 166 valence electrons. The number of nitrogens with one attached hydrogen (secondary N) is 2. The number of aromatic nitrogens is 4. The smallest absolute Gasteiger partial charge is 0.350 e. The van der Waals surface area contributed by atoms with Gasteiger partial charge in [0.2, 0.25) is 5.95 Å². The van der Waals surface area contributed by atoms with E-state index in [2.05, 4.69) is 30.8 Å². The Labute approximate surface area is 187 Å². The van der Waals surface area contributed by atoms with Gasteiger partial charge in [0.05, 0.1) is 5.69 Å². The van der Waals surface area contributed by atoms with Gasteiger partial charge in [0.25, 0.3) is 0 Å². The van der Waals surface area contributed by atoms with Crippen LogP contribution in [0.5, 0.6) is 0 Å². The molecule has 10 heteroatoms. The topological polar surface area (TPSA) is 75.6 Å². The summed E-state index contributed by atoms with van der Waals surface area (Å²) in [6, 6.07) is 5.79. The lowest BCUT2D eigenvalue weighted by atomic mass is 9.98. The third kappa shape index (κ3) is 4.12. The van der Waals surface area contributed by atoms with Crippen LogP contribution >= 0.6 is 11.3 Å². The first-order chi connectivity index (χ1) is 15.4. The molecule has 2 aromatic heterocycles. The summed E-state index contributed by atoms with van der Waals surface area (Å²) in [5.41, 5.74) is 2.19. The van der Waals surface area contributed by atoms with Crippen molar-refractivity contribution in [2.24, 2.45) is 0 Å². The van der Waals surface area contributed by atoms with E-state index in [4.69, 9.17) is 0 Å². The molecule has 1 fully saturated rings. The zero-order valence-corrected chi connectivity index (χ0v) is 18.1. The van der Waals surface area contributed by atoms with Gasteiger partial charge >= 0.3 is 6.18 Å². The Morgan fingerprint density at radius 2 is 2.09 bits per heavy atom. The maximum atomic E-state index is 13.8. The number of halogens is 3. The number of allylic oxidation sites excluding steroid dienone is 1. The first-order valence-electron chi connectivity index (χ1n) is 10.4. The molecule has 3 aromatic rings. The molecule has 1 atom stereocenters. The first-order valence-corrected chi connectivity index (χ1v) is 11.3. The summed E-state index contributed by atoms with van der Waals surface area (Å²) >= 11 is 1.49. The van der Waals surface area contributed by atoms with Crippen LogP contribution in [0.1, 0.15) is 40.2 Å². The van der Waals surface area contributed by atoms with E-state index < -0.39 is 11.7 Å². The third-order valence-electron chi connectivity index (χ3n) is 5.67. The quantitative estimate of drug-likeness (QED) is 0.601. The van der Waals surface area contributed by atoms with Crippen LogP contribution in [0.4, 0.5) is 19.1 Å². The lowest BCUT2D eigenvalue weighted by molar-refractivity contribution is -0.138. The van der Waals surface area contributed by atoms with Crippen LogP contribution in [-0.4, -0.2) is 39.3 Å². The Morgan fingerprint density at radius 3 is 2.81 bits per heavy atom. The van der Waals surface area contributed by atoms with Gasteiger partial charge in [-0.25, -0.2) is 9.97 Å². The summed E-state index contributed by atoms with van der Waals surface area (Å²) < 4.78 is 41.4. The zero-order valence-electron chi connectivity index (χ0n) is 17.3.